The fourth-order valence-corrected chi connectivity index (χ4v) is 2.14. The van der Waals surface area contributed by atoms with Crippen molar-refractivity contribution in [1.82, 2.24) is 4.98 Å². The zero-order valence-electron chi connectivity index (χ0n) is 11.3. The van der Waals surface area contributed by atoms with Crippen LogP contribution in [-0.2, 0) is 0 Å². The van der Waals surface area contributed by atoms with Crippen LogP contribution in [0, 0.1) is 12.7 Å². The van der Waals surface area contributed by atoms with Crippen LogP contribution in [0.3, 0.4) is 0 Å². The summed E-state index contributed by atoms with van der Waals surface area (Å²) < 4.78 is 14.0. The first-order chi connectivity index (χ1) is 9.61. The van der Waals surface area contributed by atoms with Crippen molar-refractivity contribution in [2.75, 3.05) is 18.0 Å². The smallest absolute Gasteiger partial charge is 0.133 e. The molecule has 2 rings (SSSR count). The quantitative estimate of drug-likeness (QED) is 0.902. The fraction of sp³-hybridized carbons (Fsp3) is 0.267. The summed E-state index contributed by atoms with van der Waals surface area (Å²) in [7, 11) is 0. The van der Waals surface area contributed by atoms with Gasteiger partial charge in [0.2, 0.25) is 0 Å². The Hall–Kier alpha value is -1.46. The maximum Gasteiger partial charge on any atom is 0.133 e. The molecule has 2 N–H and O–H groups in total. The van der Waals surface area contributed by atoms with E-state index in [9.17, 15) is 4.39 Å². The third-order valence-electron chi connectivity index (χ3n) is 3.03. The zero-order chi connectivity index (χ0) is 14.5. The molecule has 0 radical (unpaired) electrons. The van der Waals surface area contributed by atoms with Gasteiger partial charge >= 0.3 is 0 Å². The average Bonchev–Trinajstić information content (AvgIpc) is 2.45. The van der Waals surface area contributed by atoms with E-state index in [1.165, 1.54) is 12.1 Å². The van der Waals surface area contributed by atoms with Gasteiger partial charge in [-0.1, -0.05) is 0 Å². The van der Waals surface area contributed by atoms with Crippen LogP contribution in [0.2, 0.25) is 0 Å². The predicted molar refractivity (Wildman–Crippen MR) is 83.8 cm³/mol. The first-order valence-electron chi connectivity index (χ1n) is 6.47. The molecule has 0 aliphatic rings. The summed E-state index contributed by atoms with van der Waals surface area (Å²) in [6.07, 6.45) is 2.62. The Morgan fingerprint density at radius 1 is 1.30 bits per heavy atom. The normalized spacial score (nSPS) is 10.6. The summed E-state index contributed by atoms with van der Waals surface area (Å²) >= 11 is 3.45. The third kappa shape index (κ3) is 3.55. The maximum atomic E-state index is 13.1. The number of rotatable bonds is 5. The topological polar surface area (TPSA) is 42.1 Å². The lowest BCUT2D eigenvalue weighted by molar-refractivity contribution is 0.627. The molecule has 0 saturated carbocycles. The number of aromatic nitrogens is 1. The van der Waals surface area contributed by atoms with Crippen LogP contribution in [-0.4, -0.2) is 18.1 Å². The maximum absolute atomic E-state index is 13.1. The van der Waals surface area contributed by atoms with Crippen LogP contribution in [0.1, 0.15) is 12.0 Å². The second kappa shape index (κ2) is 6.81. The van der Waals surface area contributed by atoms with E-state index < -0.39 is 0 Å². The van der Waals surface area contributed by atoms with E-state index in [1.807, 2.05) is 17.9 Å². The van der Waals surface area contributed by atoms with Gasteiger partial charge in [-0.15, -0.1) is 0 Å². The van der Waals surface area contributed by atoms with Gasteiger partial charge in [0, 0.05) is 22.9 Å². The van der Waals surface area contributed by atoms with E-state index in [0.717, 1.165) is 34.5 Å². The molecule has 3 nitrogen and oxygen atoms in total. The summed E-state index contributed by atoms with van der Waals surface area (Å²) in [5.41, 5.74) is 7.61. The molecule has 1 aromatic carbocycles. The molecule has 0 aliphatic carbocycles. The second-order valence-electron chi connectivity index (χ2n) is 4.56. The van der Waals surface area contributed by atoms with Crippen molar-refractivity contribution in [1.29, 1.82) is 0 Å². The van der Waals surface area contributed by atoms with Crippen LogP contribution < -0.4 is 10.6 Å². The number of benzene rings is 1. The minimum Gasteiger partial charge on any atom is -0.330 e. The second-order valence-corrected chi connectivity index (χ2v) is 5.42. The number of anilines is 2. The molecule has 0 unspecified atom stereocenters. The molecule has 0 aliphatic heterocycles. The highest BCUT2D eigenvalue weighted by atomic mass is 79.9. The number of aryl methyl sites for hydroxylation is 1. The SMILES string of the molecule is Cc1cc(N(CCCN)c2ccc(F)cc2)ncc1Br. The molecule has 1 aromatic heterocycles. The van der Waals surface area contributed by atoms with Gasteiger partial charge in [0.1, 0.15) is 11.6 Å². The lowest BCUT2D eigenvalue weighted by atomic mass is 10.2. The number of hydrogen-bond acceptors (Lipinski definition) is 3. The van der Waals surface area contributed by atoms with Gasteiger partial charge in [-0.25, -0.2) is 9.37 Å². The van der Waals surface area contributed by atoms with Crippen LogP contribution in [0.25, 0.3) is 0 Å². The van der Waals surface area contributed by atoms with Crippen molar-refractivity contribution in [3.8, 4) is 0 Å². The predicted octanol–water partition coefficient (Wildman–Crippen LogP) is 3.78. The minimum atomic E-state index is -0.243. The number of hydrogen-bond donors (Lipinski definition) is 1. The van der Waals surface area contributed by atoms with E-state index >= 15 is 0 Å². The largest absolute Gasteiger partial charge is 0.330 e. The molecule has 0 bridgehead atoms. The Balaban J connectivity index is 2.35. The third-order valence-corrected chi connectivity index (χ3v) is 3.86. The molecule has 106 valence electrons. The Morgan fingerprint density at radius 3 is 2.60 bits per heavy atom. The minimum absolute atomic E-state index is 0.243. The molecule has 0 fully saturated rings. The van der Waals surface area contributed by atoms with E-state index in [2.05, 4.69) is 20.9 Å². The molecule has 0 spiro atoms. The Labute approximate surface area is 126 Å². The van der Waals surface area contributed by atoms with Crippen LogP contribution in [0.4, 0.5) is 15.9 Å². The highest BCUT2D eigenvalue weighted by molar-refractivity contribution is 9.10. The van der Waals surface area contributed by atoms with Crippen molar-refractivity contribution in [3.63, 3.8) is 0 Å². The van der Waals surface area contributed by atoms with E-state index in [0.29, 0.717) is 6.54 Å². The number of pyridine rings is 1. The molecule has 20 heavy (non-hydrogen) atoms. The summed E-state index contributed by atoms with van der Waals surface area (Å²) in [5, 5.41) is 0. The molecule has 5 heteroatoms. The van der Waals surface area contributed by atoms with Crippen molar-refractivity contribution >= 4 is 27.4 Å². The van der Waals surface area contributed by atoms with E-state index in [1.54, 1.807) is 18.3 Å². The fourth-order valence-electron chi connectivity index (χ4n) is 1.92. The Morgan fingerprint density at radius 2 is 2.00 bits per heavy atom. The van der Waals surface area contributed by atoms with E-state index in [4.69, 9.17) is 5.73 Å². The summed E-state index contributed by atoms with van der Waals surface area (Å²) in [4.78, 5) is 6.48. The highest BCUT2D eigenvalue weighted by Gasteiger charge is 2.11. The van der Waals surface area contributed by atoms with Gasteiger partial charge in [-0.2, -0.15) is 0 Å². The van der Waals surface area contributed by atoms with E-state index in [-0.39, 0.29) is 5.82 Å². The zero-order valence-corrected chi connectivity index (χ0v) is 12.9. The molecule has 2 aromatic rings. The summed E-state index contributed by atoms with van der Waals surface area (Å²) in [6.45, 7) is 3.37. The van der Waals surface area contributed by atoms with Gasteiger partial charge in [0.25, 0.3) is 0 Å². The van der Waals surface area contributed by atoms with Crippen molar-refractivity contribution in [2.24, 2.45) is 5.73 Å². The average molecular weight is 338 g/mol. The van der Waals surface area contributed by atoms with Crippen molar-refractivity contribution < 1.29 is 4.39 Å². The van der Waals surface area contributed by atoms with Crippen molar-refractivity contribution in [3.05, 3.63) is 52.4 Å². The first-order valence-corrected chi connectivity index (χ1v) is 7.26. The molecular weight excluding hydrogens is 321 g/mol. The van der Waals surface area contributed by atoms with Crippen LogP contribution >= 0.6 is 15.9 Å². The summed E-state index contributed by atoms with van der Waals surface area (Å²) in [6, 6.07) is 8.42. The molecular formula is C15H17BrFN3. The molecule has 0 saturated heterocycles. The number of halogens is 2. The van der Waals surface area contributed by atoms with Gasteiger partial charge in [-0.05, 0) is 71.7 Å². The Kier molecular flexibility index (Phi) is 5.09. The van der Waals surface area contributed by atoms with Gasteiger partial charge in [0.05, 0.1) is 0 Å². The van der Waals surface area contributed by atoms with Crippen LogP contribution in [0.15, 0.2) is 41.0 Å². The Bertz CT molecular complexity index is 572. The lowest BCUT2D eigenvalue weighted by Crippen LogP contribution is -2.22. The molecule has 0 amide bonds. The van der Waals surface area contributed by atoms with Gasteiger partial charge in [-0.3, -0.25) is 0 Å². The standard InChI is InChI=1S/C15H17BrFN3/c1-11-9-15(19-10-14(11)16)20(8-2-7-18)13-5-3-12(17)4-6-13/h3-6,9-10H,2,7-8,18H2,1H3. The summed E-state index contributed by atoms with van der Waals surface area (Å²) in [5.74, 6) is 0.596. The van der Waals surface area contributed by atoms with Crippen molar-refractivity contribution in [2.45, 2.75) is 13.3 Å². The first kappa shape index (κ1) is 14.9. The highest BCUT2D eigenvalue weighted by Crippen LogP contribution is 2.27. The number of nitrogens with zero attached hydrogens (tertiary/aromatic N) is 2. The molecule has 1 heterocycles. The van der Waals surface area contributed by atoms with Gasteiger partial charge < -0.3 is 10.6 Å². The molecule has 0 atom stereocenters. The monoisotopic (exact) mass is 337 g/mol. The lowest BCUT2D eigenvalue weighted by Gasteiger charge is -2.24. The van der Waals surface area contributed by atoms with Crippen LogP contribution in [0.5, 0.6) is 0 Å². The number of nitrogens with two attached hydrogens (primary N) is 1. The van der Waals surface area contributed by atoms with Gasteiger partial charge in [0.15, 0.2) is 0 Å².